The highest BCUT2D eigenvalue weighted by Gasteiger charge is 2.57. The molecule has 10 heteroatoms. The molecular formula is C32H44F3IN2O3Si. The number of halogens is 4. The number of ether oxygens (including phenoxy) is 2. The Morgan fingerprint density at radius 3 is 2.36 bits per heavy atom. The van der Waals surface area contributed by atoms with Crippen LogP contribution in [0.2, 0.25) is 18.1 Å². The van der Waals surface area contributed by atoms with Crippen LogP contribution >= 0.6 is 22.6 Å². The molecule has 0 aromatic carbocycles. The van der Waals surface area contributed by atoms with Crippen molar-refractivity contribution in [3.05, 3.63) is 57.7 Å². The van der Waals surface area contributed by atoms with Crippen molar-refractivity contribution in [2.75, 3.05) is 13.2 Å². The highest BCUT2D eigenvalue weighted by Crippen LogP contribution is 2.60. The molecule has 0 radical (unpaired) electrons. The minimum atomic E-state index is -4.46. The summed E-state index contributed by atoms with van der Waals surface area (Å²) in [6.07, 6.45) is -1.98. The topological polar surface area (TPSA) is 53.5 Å². The quantitative estimate of drug-likeness (QED) is 0.180. The largest absolute Gasteiger partial charge is 0.417 e. The summed E-state index contributed by atoms with van der Waals surface area (Å²) in [5, 5.41) is 0.0224. The van der Waals surface area contributed by atoms with Gasteiger partial charge in [-0.3, -0.25) is 9.97 Å². The SMILES string of the molecule is CC(C)c1nc2c(c3c1[C@@H](c1ccc(C(F)(F)F)cn1)OC31CCOCC1I)[C@@H](O[Si](C)(C)C(C)(C)C)CC(C)(C)C2. The van der Waals surface area contributed by atoms with Gasteiger partial charge in [0, 0.05) is 47.3 Å². The maximum absolute atomic E-state index is 13.4. The Morgan fingerprint density at radius 2 is 1.81 bits per heavy atom. The lowest BCUT2D eigenvalue weighted by Crippen LogP contribution is -2.47. The first-order valence-corrected chi connectivity index (χ1v) is 19.1. The summed E-state index contributed by atoms with van der Waals surface area (Å²) >= 11 is 2.44. The van der Waals surface area contributed by atoms with E-state index in [1.807, 2.05) is 0 Å². The van der Waals surface area contributed by atoms with Crippen LogP contribution < -0.4 is 0 Å². The average molecular weight is 717 g/mol. The molecule has 0 N–H and O–H groups in total. The normalized spacial score (nSPS) is 27.8. The number of hydrogen-bond donors (Lipinski definition) is 0. The number of alkyl halides is 4. The van der Waals surface area contributed by atoms with Crippen molar-refractivity contribution in [1.82, 2.24) is 9.97 Å². The van der Waals surface area contributed by atoms with Crippen molar-refractivity contribution in [2.24, 2.45) is 5.41 Å². The second-order valence-corrected chi connectivity index (χ2v) is 21.1. The molecule has 4 atom stereocenters. The van der Waals surface area contributed by atoms with Gasteiger partial charge in [-0.15, -0.1) is 0 Å². The number of fused-ring (bicyclic) bond motifs is 4. The van der Waals surface area contributed by atoms with E-state index in [9.17, 15) is 13.2 Å². The molecule has 232 valence electrons. The molecule has 1 saturated heterocycles. The third-order valence-corrected chi connectivity index (χ3v) is 15.5. The Labute approximate surface area is 263 Å². The predicted molar refractivity (Wildman–Crippen MR) is 169 cm³/mol. The zero-order chi connectivity index (χ0) is 31.0. The number of hydrogen-bond acceptors (Lipinski definition) is 5. The van der Waals surface area contributed by atoms with Gasteiger partial charge in [-0.25, -0.2) is 0 Å². The molecule has 0 bridgehead atoms. The highest BCUT2D eigenvalue weighted by atomic mass is 127. The second kappa shape index (κ2) is 10.8. The molecule has 2 unspecified atom stereocenters. The van der Waals surface area contributed by atoms with E-state index in [2.05, 4.69) is 89.1 Å². The number of pyridine rings is 2. The Kier molecular flexibility index (Phi) is 8.29. The summed E-state index contributed by atoms with van der Waals surface area (Å²) in [7, 11) is -2.19. The van der Waals surface area contributed by atoms with Crippen molar-refractivity contribution in [1.29, 1.82) is 0 Å². The summed E-state index contributed by atoms with van der Waals surface area (Å²) in [5.74, 6) is 0.0806. The van der Waals surface area contributed by atoms with Crippen molar-refractivity contribution < 1.29 is 27.1 Å². The molecule has 3 aliphatic rings. The maximum Gasteiger partial charge on any atom is 0.417 e. The maximum atomic E-state index is 13.4. The average Bonchev–Trinajstić information content (AvgIpc) is 3.18. The molecule has 1 spiro atoms. The molecule has 1 aliphatic carbocycles. The summed E-state index contributed by atoms with van der Waals surface area (Å²) in [5.41, 5.74) is 4.24. The van der Waals surface area contributed by atoms with Crippen LogP contribution in [0.25, 0.3) is 0 Å². The lowest BCUT2D eigenvalue weighted by Gasteiger charge is -2.47. The Morgan fingerprint density at radius 1 is 1.12 bits per heavy atom. The predicted octanol–water partition coefficient (Wildman–Crippen LogP) is 9.19. The Bertz CT molecular complexity index is 1340. The van der Waals surface area contributed by atoms with Gasteiger partial charge in [0.1, 0.15) is 11.7 Å². The zero-order valence-electron chi connectivity index (χ0n) is 26.2. The number of rotatable bonds is 4. The van der Waals surface area contributed by atoms with Crippen LogP contribution in [0.5, 0.6) is 0 Å². The van der Waals surface area contributed by atoms with Gasteiger partial charge in [0.05, 0.1) is 27.9 Å². The van der Waals surface area contributed by atoms with E-state index in [1.54, 1.807) is 0 Å². The monoisotopic (exact) mass is 716 g/mol. The van der Waals surface area contributed by atoms with Crippen LogP contribution in [0, 0.1) is 5.41 Å². The molecule has 1 fully saturated rings. The molecule has 2 aliphatic heterocycles. The van der Waals surface area contributed by atoms with E-state index >= 15 is 0 Å². The van der Waals surface area contributed by atoms with E-state index in [0.29, 0.717) is 25.3 Å². The van der Waals surface area contributed by atoms with Gasteiger partial charge >= 0.3 is 6.18 Å². The van der Waals surface area contributed by atoms with Crippen LogP contribution in [0.4, 0.5) is 13.2 Å². The summed E-state index contributed by atoms with van der Waals surface area (Å²) < 4.78 is 60.6. The summed E-state index contributed by atoms with van der Waals surface area (Å²) in [6, 6.07) is 2.57. The van der Waals surface area contributed by atoms with Gasteiger partial charge in [-0.05, 0) is 54.4 Å². The molecule has 2 aromatic rings. The van der Waals surface area contributed by atoms with Gasteiger partial charge in [-0.2, -0.15) is 13.2 Å². The van der Waals surface area contributed by atoms with E-state index < -0.39 is 31.8 Å². The molecule has 0 saturated carbocycles. The van der Waals surface area contributed by atoms with Crippen LogP contribution in [0.3, 0.4) is 0 Å². The minimum absolute atomic E-state index is 0.00276. The molecule has 5 rings (SSSR count). The fraction of sp³-hybridized carbons (Fsp3) is 0.688. The lowest BCUT2D eigenvalue weighted by molar-refractivity contribution is -0.138. The van der Waals surface area contributed by atoms with E-state index in [-0.39, 0.29) is 26.4 Å². The fourth-order valence-corrected chi connectivity index (χ4v) is 8.76. The minimum Gasteiger partial charge on any atom is -0.410 e. The molecular weight excluding hydrogens is 672 g/mol. The third-order valence-electron chi connectivity index (χ3n) is 9.66. The van der Waals surface area contributed by atoms with Crippen molar-refractivity contribution in [3.63, 3.8) is 0 Å². The van der Waals surface area contributed by atoms with Crippen LogP contribution in [-0.2, 0) is 32.1 Å². The van der Waals surface area contributed by atoms with E-state index in [1.165, 1.54) is 6.07 Å². The van der Waals surface area contributed by atoms with Crippen LogP contribution in [0.1, 0.15) is 119 Å². The lowest BCUT2D eigenvalue weighted by atomic mass is 9.70. The third kappa shape index (κ3) is 5.60. The standard InChI is InChI=1S/C32H44F3IN2O3Si/c1-18(2)27-25-26(24-21(38-27)14-30(6,7)15-22(24)41-42(8,9)29(3,4)5)31(12-13-39-17-23(31)36)40-28(25)20-11-10-19(16-37-20)32(33,34)35/h10-11,16,18,22-23,28H,12-15,17H2,1-9H3/t22-,23?,28+,31?/m0/s1. The fourth-order valence-electron chi connectivity index (χ4n) is 6.47. The summed E-state index contributed by atoms with van der Waals surface area (Å²) in [6.45, 7) is 21.3. The molecule has 5 nitrogen and oxygen atoms in total. The Hall–Kier alpha value is -1.08. The Balaban J connectivity index is 1.79. The van der Waals surface area contributed by atoms with Gasteiger partial charge in [0.2, 0.25) is 0 Å². The summed E-state index contributed by atoms with van der Waals surface area (Å²) in [4.78, 5) is 9.72. The number of aromatic nitrogens is 2. The van der Waals surface area contributed by atoms with Crippen molar-refractivity contribution in [2.45, 2.75) is 120 Å². The van der Waals surface area contributed by atoms with Crippen molar-refractivity contribution in [3.8, 4) is 0 Å². The van der Waals surface area contributed by atoms with Gasteiger partial charge < -0.3 is 13.9 Å². The van der Waals surface area contributed by atoms with Gasteiger partial charge in [0.25, 0.3) is 0 Å². The zero-order valence-corrected chi connectivity index (χ0v) is 29.4. The highest BCUT2D eigenvalue weighted by molar-refractivity contribution is 14.1. The van der Waals surface area contributed by atoms with E-state index in [0.717, 1.165) is 53.2 Å². The molecule has 4 heterocycles. The molecule has 42 heavy (non-hydrogen) atoms. The van der Waals surface area contributed by atoms with E-state index in [4.69, 9.17) is 18.9 Å². The first-order valence-electron chi connectivity index (χ1n) is 14.9. The first kappa shape index (κ1) is 32.3. The molecule has 0 amide bonds. The van der Waals surface area contributed by atoms with Gasteiger partial charge in [0.15, 0.2) is 8.32 Å². The second-order valence-electron chi connectivity index (χ2n) is 14.9. The first-order chi connectivity index (χ1) is 19.3. The van der Waals surface area contributed by atoms with Crippen LogP contribution in [-0.4, -0.2) is 35.4 Å². The molecule has 2 aromatic heterocycles. The smallest absolute Gasteiger partial charge is 0.410 e. The van der Waals surface area contributed by atoms with Crippen LogP contribution in [0.15, 0.2) is 18.3 Å². The van der Waals surface area contributed by atoms with Crippen molar-refractivity contribution >= 4 is 30.9 Å². The van der Waals surface area contributed by atoms with Gasteiger partial charge in [-0.1, -0.05) is 71.1 Å². The number of nitrogens with zero attached hydrogens (tertiary/aromatic N) is 2.